The Morgan fingerprint density at radius 3 is 2.41 bits per heavy atom. The van der Waals surface area contributed by atoms with Crippen LogP contribution in [0.15, 0.2) is 61.2 Å². The van der Waals surface area contributed by atoms with Crippen LogP contribution >= 0.6 is 11.6 Å². The van der Waals surface area contributed by atoms with E-state index < -0.39 is 0 Å². The maximum atomic E-state index is 12.2. The van der Waals surface area contributed by atoms with Crippen molar-refractivity contribution >= 4 is 29.1 Å². The summed E-state index contributed by atoms with van der Waals surface area (Å²) in [6.45, 7) is 3.91. The minimum atomic E-state index is -0.327. The lowest BCUT2D eigenvalue weighted by molar-refractivity contribution is 0.0958. The van der Waals surface area contributed by atoms with E-state index in [0.717, 1.165) is 0 Å². The van der Waals surface area contributed by atoms with Crippen LogP contribution in [0.3, 0.4) is 0 Å². The second kappa shape index (κ2) is 7.43. The van der Waals surface area contributed by atoms with E-state index >= 15 is 0 Å². The summed E-state index contributed by atoms with van der Waals surface area (Å²) in [6.07, 6.45) is 1.59. The highest BCUT2D eigenvalue weighted by Gasteiger charge is 2.11. The number of halogens is 1. The van der Waals surface area contributed by atoms with Gasteiger partial charge >= 0.3 is 0 Å². The van der Waals surface area contributed by atoms with Crippen molar-refractivity contribution in [3.05, 3.63) is 77.3 Å². The van der Waals surface area contributed by atoms with Crippen molar-refractivity contribution in [2.75, 3.05) is 11.9 Å². The summed E-state index contributed by atoms with van der Waals surface area (Å²) in [5, 5.41) is 5.84. The fourth-order valence-electron chi connectivity index (χ4n) is 1.83. The summed E-state index contributed by atoms with van der Waals surface area (Å²) in [6, 6.07) is 13.4. The highest BCUT2D eigenvalue weighted by atomic mass is 35.5. The van der Waals surface area contributed by atoms with Crippen molar-refractivity contribution in [1.82, 2.24) is 5.32 Å². The van der Waals surface area contributed by atoms with Crippen molar-refractivity contribution in [3.63, 3.8) is 0 Å². The van der Waals surface area contributed by atoms with Gasteiger partial charge in [-0.1, -0.05) is 35.9 Å². The van der Waals surface area contributed by atoms with E-state index in [-0.39, 0.29) is 11.8 Å². The van der Waals surface area contributed by atoms with Gasteiger partial charge in [-0.25, -0.2) is 0 Å². The molecule has 0 fully saturated rings. The molecule has 0 spiro atoms. The summed E-state index contributed by atoms with van der Waals surface area (Å²) >= 11 is 6.01. The molecule has 0 atom stereocenters. The van der Waals surface area contributed by atoms with Crippen LogP contribution in [-0.4, -0.2) is 18.4 Å². The van der Waals surface area contributed by atoms with Crippen LogP contribution in [0.4, 0.5) is 5.69 Å². The summed E-state index contributed by atoms with van der Waals surface area (Å²) in [5.74, 6) is -0.584. The van der Waals surface area contributed by atoms with E-state index in [1.54, 1.807) is 48.5 Å². The molecule has 2 rings (SSSR count). The molecule has 0 aliphatic rings. The lowest BCUT2D eigenvalue weighted by atomic mass is 10.1. The molecule has 22 heavy (non-hydrogen) atoms. The minimum Gasteiger partial charge on any atom is -0.349 e. The Bertz CT molecular complexity index is 713. The Labute approximate surface area is 133 Å². The summed E-state index contributed by atoms with van der Waals surface area (Å²) in [5.41, 5.74) is 1.32. The molecule has 0 aliphatic carbocycles. The van der Waals surface area contributed by atoms with Gasteiger partial charge in [0.15, 0.2) is 0 Å². The number of benzene rings is 2. The van der Waals surface area contributed by atoms with Crippen LogP contribution in [0.2, 0.25) is 5.02 Å². The maximum absolute atomic E-state index is 12.2. The first-order chi connectivity index (χ1) is 10.6. The van der Waals surface area contributed by atoms with Gasteiger partial charge in [0.1, 0.15) is 0 Å². The van der Waals surface area contributed by atoms with E-state index in [1.165, 1.54) is 6.07 Å². The summed E-state index contributed by atoms with van der Waals surface area (Å²) in [4.78, 5) is 24.1. The molecular weight excluding hydrogens is 300 g/mol. The van der Waals surface area contributed by atoms with Crippen molar-refractivity contribution in [1.29, 1.82) is 0 Å². The van der Waals surface area contributed by atoms with Crippen LogP contribution < -0.4 is 10.6 Å². The van der Waals surface area contributed by atoms with Crippen LogP contribution in [0.5, 0.6) is 0 Å². The zero-order chi connectivity index (χ0) is 15.9. The smallest absolute Gasteiger partial charge is 0.255 e. The van der Waals surface area contributed by atoms with Gasteiger partial charge in [0.05, 0.1) is 10.7 Å². The first-order valence-electron chi connectivity index (χ1n) is 6.67. The van der Waals surface area contributed by atoms with Gasteiger partial charge < -0.3 is 10.6 Å². The summed E-state index contributed by atoms with van der Waals surface area (Å²) in [7, 11) is 0. The molecule has 112 valence electrons. The van der Waals surface area contributed by atoms with Crippen LogP contribution in [0.25, 0.3) is 0 Å². The largest absolute Gasteiger partial charge is 0.349 e. The third-order valence-electron chi connectivity index (χ3n) is 2.92. The van der Waals surface area contributed by atoms with Gasteiger partial charge in [0.2, 0.25) is 0 Å². The lowest BCUT2D eigenvalue weighted by Crippen LogP contribution is -2.23. The Kier molecular flexibility index (Phi) is 5.33. The average molecular weight is 315 g/mol. The normalized spacial score (nSPS) is 9.86. The number of para-hydroxylation sites is 1. The number of nitrogens with one attached hydrogen (secondary N) is 2. The summed E-state index contributed by atoms with van der Waals surface area (Å²) < 4.78 is 0. The Morgan fingerprint density at radius 1 is 1.05 bits per heavy atom. The van der Waals surface area contributed by atoms with E-state index in [1.807, 2.05) is 0 Å². The highest BCUT2D eigenvalue weighted by Crippen LogP contribution is 2.21. The fraction of sp³-hybridized carbons (Fsp3) is 0.0588. The van der Waals surface area contributed by atoms with Crippen LogP contribution in [0.1, 0.15) is 20.7 Å². The zero-order valence-corrected chi connectivity index (χ0v) is 12.6. The third kappa shape index (κ3) is 3.96. The van der Waals surface area contributed by atoms with Gasteiger partial charge in [-0.15, -0.1) is 6.58 Å². The molecule has 0 saturated heterocycles. The van der Waals surface area contributed by atoms with Gasteiger partial charge in [-0.3, -0.25) is 9.59 Å². The van der Waals surface area contributed by atoms with E-state index in [0.29, 0.717) is 28.4 Å². The standard InChI is InChI=1S/C17H15ClN2O2/c1-2-10-19-16(21)12-6-5-7-13(11-12)17(22)20-15-9-4-3-8-14(15)18/h2-9,11H,1,10H2,(H,19,21)(H,20,22). The van der Waals surface area contributed by atoms with Crippen molar-refractivity contribution in [2.24, 2.45) is 0 Å². The number of carbonyl (C=O) groups is 2. The third-order valence-corrected chi connectivity index (χ3v) is 3.25. The minimum absolute atomic E-state index is 0.257. The second-order valence-corrected chi connectivity index (χ2v) is 4.92. The number of anilines is 1. The van der Waals surface area contributed by atoms with Gasteiger partial charge in [-0.05, 0) is 30.3 Å². The molecule has 0 aliphatic heterocycles. The number of carbonyl (C=O) groups excluding carboxylic acids is 2. The Morgan fingerprint density at radius 2 is 1.73 bits per heavy atom. The Balaban J connectivity index is 2.15. The molecule has 0 heterocycles. The van der Waals surface area contributed by atoms with Crippen LogP contribution in [-0.2, 0) is 0 Å². The first-order valence-corrected chi connectivity index (χ1v) is 7.04. The molecule has 0 bridgehead atoms. The molecule has 0 radical (unpaired) electrons. The monoisotopic (exact) mass is 314 g/mol. The predicted octanol–water partition coefficient (Wildman–Crippen LogP) is 3.51. The van der Waals surface area contributed by atoms with Gasteiger partial charge in [0.25, 0.3) is 11.8 Å². The first kappa shape index (κ1) is 15.8. The van der Waals surface area contributed by atoms with Crippen molar-refractivity contribution < 1.29 is 9.59 Å². The fourth-order valence-corrected chi connectivity index (χ4v) is 2.01. The van der Waals surface area contributed by atoms with Crippen LogP contribution in [0, 0.1) is 0 Å². The lowest BCUT2D eigenvalue weighted by Gasteiger charge is -2.08. The molecule has 0 aromatic heterocycles. The quantitative estimate of drug-likeness (QED) is 0.830. The number of amides is 2. The molecule has 5 heteroatoms. The van der Waals surface area contributed by atoms with Gasteiger partial charge in [0, 0.05) is 17.7 Å². The van der Waals surface area contributed by atoms with Gasteiger partial charge in [-0.2, -0.15) is 0 Å². The molecule has 2 amide bonds. The second-order valence-electron chi connectivity index (χ2n) is 4.51. The van der Waals surface area contributed by atoms with Crippen molar-refractivity contribution in [3.8, 4) is 0 Å². The Hall–Kier alpha value is -2.59. The zero-order valence-electron chi connectivity index (χ0n) is 11.8. The molecule has 2 aromatic carbocycles. The molecule has 4 nitrogen and oxygen atoms in total. The number of hydrogen-bond donors (Lipinski definition) is 2. The molecule has 0 saturated carbocycles. The maximum Gasteiger partial charge on any atom is 0.255 e. The SMILES string of the molecule is C=CCNC(=O)c1cccc(C(=O)Nc2ccccc2Cl)c1. The molecule has 2 aromatic rings. The van der Waals surface area contributed by atoms with Crippen molar-refractivity contribution in [2.45, 2.75) is 0 Å². The topological polar surface area (TPSA) is 58.2 Å². The highest BCUT2D eigenvalue weighted by molar-refractivity contribution is 6.33. The van der Waals surface area contributed by atoms with E-state index in [2.05, 4.69) is 17.2 Å². The van der Waals surface area contributed by atoms with E-state index in [9.17, 15) is 9.59 Å². The number of hydrogen-bond acceptors (Lipinski definition) is 2. The number of rotatable bonds is 5. The molecular formula is C17H15ClN2O2. The average Bonchev–Trinajstić information content (AvgIpc) is 2.54. The predicted molar refractivity (Wildman–Crippen MR) is 88.4 cm³/mol. The molecule has 0 unspecified atom stereocenters. The van der Waals surface area contributed by atoms with E-state index in [4.69, 9.17) is 11.6 Å². The molecule has 2 N–H and O–H groups in total.